The molecule has 1 N–H and O–H groups in total. The fraction of sp³-hybridized carbons (Fsp3) is 0.318. The minimum Gasteiger partial charge on any atom is -0.855 e. The average molecular weight is 391 g/mol. The van der Waals surface area contributed by atoms with Gasteiger partial charge in [0.2, 0.25) is 5.69 Å². The molecule has 1 fully saturated rings. The van der Waals surface area contributed by atoms with Crippen LogP contribution in [0.25, 0.3) is 5.69 Å². The molecule has 0 radical (unpaired) electrons. The standard InChI is InChI=1S/C22H25N5O2/c28-21(23-18-10-4-1-5-11-18)20-22(29)27(19-12-6-2-7-13-19)24-26(20)17-16-25-14-8-3-9-15-25/h1-2,4-7,10-13H,3,8-9,14-17H2,(H-,23,24,28,29). The van der Waals surface area contributed by atoms with Gasteiger partial charge in [-0.3, -0.25) is 9.89 Å². The maximum atomic E-state index is 13.1. The maximum Gasteiger partial charge on any atom is 0.406 e. The van der Waals surface area contributed by atoms with E-state index in [1.807, 2.05) is 48.5 Å². The number of piperidine rings is 1. The Balaban J connectivity index is 1.69. The van der Waals surface area contributed by atoms with Crippen molar-refractivity contribution in [3.8, 4) is 5.69 Å². The molecule has 0 atom stereocenters. The summed E-state index contributed by atoms with van der Waals surface area (Å²) in [7, 11) is 0. The van der Waals surface area contributed by atoms with Gasteiger partial charge in [-0.2, -0.15) is 4.68 Å². The molecular weight excluding hydrogens is 366 g/mol. The van der Waals surface area contributed by atoms with E-state index in [1.165, 1.54) is 23.9 Å². The number of nitrogens with one attached hydrogen (secondary N) is 1. The van der Waals surface area contributed by atoms with E-state index in [9.17, 15) is 9.90 Å². The molecule has 1 aliphatic rings. The molecule has 7 nitrogen and oxygen atoms in total. The first-order valence-corrected chi connectivity index (χ1v) is 10.1. The number of likely N-dealkylation sites (tertiary alicyclic amines) is 1. The molecule has 2 heterocycles. The first-order chi connectivity index (χ1) is 14.2. The molecule has 1 aromatic heterocycles. The summed E-state index contributed by atoms with van der Waals surface area (Å²) < 4.78 is 3.04. The smallest absolute Gasteiger partial charge is 0.406 e. The molecule has 29 heavy (non-hydrogen) atoms. The summed E-state index contributed by atoms with van der Waals surface area (Å²) in [5, 5.41) is 16.0. The van der Waals surface area contributed by atoms with Gasteiger partial charge in [-0.05, 0) is 50.2 Å². The number of aromatic nitrogens is 3. The van der Waals surface area contributed by atoms with Gasteiger partial charge >= 0.3 is 5.56 Å². The van der Waals surface area contributed by atoms with E-state index in [0.717, 1.165) is 19.6 Å². The third-order valence-corrected chi connectivity index (χ3v) is 5.19. The van der Waals surface area contributed by atoms with Gasteiger partial charge in [0, 0.05) is 12.4 Å². The highest BCUT2D eigenvalue weighted by atomic mass is 16.3. The maximum absolute atomic E-state index is 13.1. The van der Waals surface area contributed by atoms with Crippen LogP contribution in [-0.4, -0.2) is 40.3 Å². The van der Waals surface area contributed by atoms with Crippen molar-refractivity contribution in [3.05, 3.63) is 76.7 Å². The fourth-order valence-corrected chi connectivity index (χ4v) is 3.66. The predicted octanol–water partition coefficient (Wildman–Crippen LogP) is 1.38. The van der Waals surface area contributed by atoms with Gasteiger partial charge < -0.3 is 5.11 Å². The van der Waals surface area contributed by atoms with Gasteiger partial charge in [0.25, 0.3) is 0 Å². The summed E-state index contributed by atoms with van der Waals surface area (Å²) in [6, 6.07) is 18.3. The molecule has 0 spiro atoms. The lowest BCUT2D eigenvalue weighted by atomic mass is 10.1. The zero-order valence-corrected chi connectivity index (χ0v) is 16.3. The summed E-state index contributed by atoms with van der Waals surface area (Å²) in [5.74, 6) is -0.536. The van der Waals surface area contributed by atoms with Crippen molar-refractivity contribution in [2.24, 2.45) is 4.99 Å². The number of hydrogen-bond acceptors (Lipinski definition) is 4. The number of H-pyrrole nitrogens is 1. The zero-order valence-electron chi connectivity index (χ0n) is 16.3. The van der Waals surface area contributed by atoms with Crippen molar-refractivity contribution in [2.45, 2.75) is 25.8 Å². The first-order valence-electron chi connectivity index (χ1n) is 10.1. The summed E-state index contributed by atoms with van der Waals surface area (Å²) in [6.07, 6.45) is 3.66. The van der Waals surface area contributed by atoms with Gasteiger partial charge in [-0.15, -0.1) is 0 Å². The van der Waals surface area contributed by atoms with Crippen molar-refractivity contribution in [2.75, 3.05) is 19.6 Å². The van der Waals surface area contributed by atoms with Crippen LogP contribution in [0.4, 0.5) is 5.69 Å². The second-order valence-corrected chi connectivity index (χ2v) is 7.23. The second-order valence-electron chi connectivity index (χ2n) is 7.23. The molecule has 150 valence electrons. The lowest BCUT2D eigenvalue weighted by Crippen LogP contribution is -2.50. The van der Waals surface area contributed by atoms with Crippen LogP contribution >= 0.6 is 0 Å². The third kappa shape index (κ3) is 4.46. The Labute approximate surface area is 169 Å². The number of benzene rings is 2. The monoisotopic (exact) mass is 391 g/mol. The topological polar surface area (TPSA) is 80.3 Å². The molecule has 0 unspecified atom stereocenters. The van der Waals surface area contributed by atoms with Crippen LogP contribution in [0.1, 0.15) is 25.0 Å². The molecular formula is C22H25N5O2. The van der Waals surface area contributed by atoms with Gasteiger partial charge in [-0.25, -0.2) is 4.79 Å². The molecule has 2 aromatic carbocycles. The van der Waals surface area contributed by atoms with E-state index < -0.39 is 5.90 Å². The number of hydrogen-bond donors (Lipinski definition) is 1. The van der Waals surface area contributed by atoms with E-state index in [-0.39, 0.29) is 11.3 Å². The van der Waals surface area contributed by atoms with Crippen LogP contribution in [-0.2, 0) is 6.54 Å². The van der Waals surface area contributed by atoms with Crippen LogP contribution < -0.4 is 15.3 Å². The van der Waals surface area contributed by atoms with E-state index in [4.69, 9.17) is 0 Å². The normalized spacial score (nSPS) is 15.5. The Bertz CT molecular complexity index is 1020. The average Bonchev–Trinajstić information content (AvgIpc) is 3.10. The van der Waals surface area contributed by atoms with Crippen LogP contribution in [0.15, 0.2) is 70.5 Å². The van der Waals surface area contributed by atoms with Crippen molar-refractivity contribution in [3.63, 3.8) is 0 Å². The highest BCUT2D eigenvalue weighted by Gasteiger charge is 2.24. The van der Waals surface area contributed by atoms with Gasteiger partial charge in [0.1, 0.15) is 6.54 Å². The minimum atomic E-state index is -0.536. The number of aromatic amines is 1. The summed E-state index contributed by atoms with van der Waals surface area (Å²) >= 11 is 0. The third-order valence-electron chi connectivity index (χ3n) is 5.19. The van der Waals surface area contributed by atoms with E-state index in [2.05, 4.69) is 15.1 Å². The van der Waals surface area contributed by atoms with Crippen molar-refractivity contribution in [1.29, 1.82) is 0 Å². The Hall–Kier alpha value is -3.19. The Morgan fingerprint density at radius 3 is 2.34 bits per heavy atom. The lowest BCUT2D eigenvalue weighted by Gasteiger charge is -2.25. The SMILES string of the molecule is O=c1c(C([O-])=Nc2ccccc2)[n+](CCN2CCCCC2)[nH]n1-c1ccccc1. The van der Waals surface area contributed by atoms with E-state index in [1.54, 1.807) is 16.8 Å². The molecule has 0 amide bonds. The Morgan fingerprint density at radius 1 is 1.00 bits per heavy atom. The van der Waals surface area contributed by atoms with Crippen molar-refractivity contribution in [1.82, 2.24) is 14.8 Å². The molecule has 0 saturated carbocycles. The highest BCUT2D eigenvalue weighted by Crippen LogP contribution is 2.11. The van der Waals surface area contributed by atoms with Gasteiger partial charge in [-0.1, -0.05) is 52.7 Å². The van der Waals surface area contributed by atoms with Crippen molar-refractivity contribution < 1.29 is 9.79 Å². The minimum absolute atomic E-state index is 0.0507. The van der Waals surface area contributed by atoms with Crippen LogP contribution in [0.2, 0.25) is 0 Å². The summed E-state index contributed by atoms with van der Waals surface area (Å²) in [6.45, 7) is 3.43. The molecule has 7 heteroatoms. The first kappa shape index (κ1) is 19.1. The van der Waals surface area contributed by atoms with Crippen LogP contribution in [0.5, 0.6) is 0 Å². The van der Waals surface area contributed by atoms with Crippen LogP contribution in [0.3, 0.4) is 0 Å². The number of para-hydroxylation sites is 2. The van der Waals surface area contributed by atoms with Crippen molar-refractivity contribution >= 4 is 11.6 Å². The molecule has 1 aliphatic heterocycles. The molecule has 1 saturated heterocycles. The van der Waals surface area contributed by atoms with E-state index in [0.29, 0.717) is 17.9 Å². The second kappa shape index (κ2) is 8.87. The highest BCUT2D eigenvalue weighted by molar-refractivity contribution is 5.88. The van der Waals surface area contributed by atoms with Crippen LogP contribution in [0, 0.1) is 0 Å². The molecule has 0 aliphatic carbocycles. The fourth-order valence-electron chi connectivity index (χ4n) is 3.66. The number of nitrogens with zero attached hydrogens (tertiary/aromatic N) is 4. The quantitative estimate of drug-likeness (QED) is 0.392. The lowest BCUT2D eigenvalue weighted by molar-refractivity contribution is -0.756. The largest absolute Gasteiger partial charge is 0.855 e. The Kier molecular flexibility index (Phi) is 5.86. The number of rotatable bonds is 6. The zero-order chi connectivity index (χ0) is 20.1. The summed E-state index contributed by atoms with van der Waals surface area (Å²) in [4.78, 5) is 19.6. The van der Waals surface area contributed by atoms with Gasteiger partial charge in [0.15, 0.2) is 5.69 Å². The van der Waals surface area contributed by atoms with E-state index >= 15 is 0 Å². The Morgan fingerprint density at radius 2 is 1.66 bits per heavy atom. The molecule has 0 bridgehead atoms. The van der Waals surface area contributed by atoms with Gasteiger partial charge in [0.05, 0.1) is 5.69 Å². The molecule has 4 rings (SSSR count). The predicted molar refractivity (Wildman–Crippen MR) is 110 cm³/mol. The summed E-state index contributed by atoms with van der Waals surface area (Å²) in [5.41, 5.74) is 0.879. The number of aliphatic imine (C=N–C) groups is 1. The molecule has 3 aromatic rings.